The molecule has 7 nitrogen and oxygen atoms in total. The lowest BCUT2D eigenvalue weighted by Crippen LogP contribution is -2.22. The number of nitrogens with one attached hydrogen (secondary N) is 1. The first kappa shape index (κ1) is 16.9. The van der Waals surface area contributed by atoms with Gasteiger partial charge in [-0.25, -0.2) is 14.2 Å². The maximum Gasteiger partial charge on any atom is 0.345 e. The number of amides is 2. The minimum absolute atomic E-state index is 0.0860. The number of carbonyl (C=O) groups is 1. The molecule has 0 saturated carbocycles. The van der Waals surface area contributed by atoms with Gasteiger partial charge in [-0.15, -0.1) is 0 Å². The predicted octanol–water partition coefficient (Wildman–Crippen LogP) is 2.06. The summed E-state index contributed by atoms with van der Waals surface area (Å²) in [7, 11) is 1.30. The van der Waals surface area contributed by atoms with Gasteiger partial charge in [0.2, 0.25) is 5.88 Å². The number of hydrogen-bond donors (Lipinski definition) is 2. The number of anilines is 1. The Hall–Kier alpha value is -3.47. The van der Waals surface area contributed by atoms with Crippen LogP contribution in [0.25, 0.3) is 0 Å². The molecular weight excluding hydrogens is 315 g/mol. The number of halogens is 1. The van der Waals surface area contributed by atoms with Crippen molar-refractivity contribution in [1.82, 2.24) is 4.57 Å². The summed E-state index contributed by atoms with van der Waals surface area (Å²) in [5.41, 5.74) is -0.131. The highest BCUT2D eigenvalue weighted by Gasteiger charge is 2.15. The smallest absolute Gasteiger partial charge is 0.345 e. The zero-order valence-corrected chi connectivity index (χ0v) is 12.9. The molecule has 0 aliphatic carbocycles. The van der Waals surface area contributed by atoms with E-state index in [4.69, 9.17) is 5.26 Å². The van der Waals surface area contributed by atoms with Gasteiger partial charge in [0.25, 0.3) is 5.56 Å². The lowest BCUT2D eigenvalue weighted by molar-refractivity contribution is 0.259. The quantitative estimate of drug-likeness (QED) is 0.823. The first-order valence-corrected chi connectivity index (χ1v) is 6.78. The summed E-state index contributed by atoms with van der Waals surface area (Å²) in [6, 6.07) is 6.10. The van der Waals surface area contributed by atoms with Gasteiger partial charge in [-0.1, -0.05) is 0 Å². The molecule has 1 heterocycles. The third-order valence-corrected chi connectivity index (χ3v) is 3.37. The Morgan fingerprint density at radius 1 is 1.42 bits per heavy atom. The van der Waals surface area contributed by atoms with E-state index in [-0.39, 0.29) is 16.7 Å². The topological polar surface area (TPSA) is 107 Å². The van der Waals surface area contributed by atoms with E-state index in [0.29, 0.717) is 5.69 Å². The zero-order chi connectivity index (χ0) is 17.9. The molecule has 2 amide bonds. The van der Waals surface area contributed by atoms with Crippen molar-refractivity contribution in [3.05, 3.63) is 57.1 Å². The Morgan fingerprint density at radius 2 is 2.04 bits per heavy atom. The number of nitriles is 1. The zero-order valence-electron chi connectivity index (χ0n) is 12.9. The Morgan fingerprint density at radius 3 is 2.62 bits per heavy atom. The normalized spacial score (nSPS) is 10.6. The third-order valence-electron chi connectivity index (χ3n) is 3.37. The predicted molar refractivity (Wildman–Crippen MR) is 85.8 cm³/mol. The summed E-state index contributed by atoms with van der Waals surface area (Å²) in [5.74, 6) is -0.846. The van der Waals surface area contributed by atoms with E-state index in [1.54, 1.807) is 6.07 Å². The van der Waals surface area contributed by atoms with Crippen LogP contribution in [0.15, 0.2) is 34.1 Å². The molecule has 0 spiro atoms. The van der Waals surface area contributed by atoms with Gasteiger partial charge in [-0.2, -0.15) is 5.26 Å². The van der Waals surface area contributed by atoms with E-state index >= 15 is 0 Å². The van der Waals surface area contributed by atoms with Crippen LogP contribution in [0.5, 0.6) is 5.88 Å². The number of aromatic nitrogens is 1. The van der Waals surface area contributed by atoms with Crippen LogP contribution in [0.4, 0.5) is 14.9 Å². The second-order valence-corrected chi connectivity index (χ2v) is 4.91. The molecule has 1 aromatic carbocycles. The molecule has 0 unspecified atom stereocenters. The maximum atomic E-state index is 12.8. The molecule has 24 heavy (non-hydrogen) atoms. The number of aromatic hydroxyl groups is 1. The summed E-state index contributed by atoms with van der Waals surface area (Å²) in [4.78, 5) is 27.2. The van der Waals surface area contributed by atoms with Gasteiger partial charge in [0.05, 0.1) is 5.56 Å². The minimum atomic E-state index is -0.757. The molecule has 2 aromatic rings. The SMILES string of the molecule is Cc1c(/C=N/C(=O)Nc2ccc(F)cc2)c(O)n(C)c(=O)c1C#N. The van der Waals surface area contributed by atoms with Crippen LogP contribution in [0.1, 0.15) is 16.7 Å². The fraction of sp³-hybridized carbons (Fsp3) is 0.125. The summed E-state index contributed by atoms with van der Waals surface area (Å²) < 4.78 is 13.7. The van der Waals surface area contributed by atoms with Gasteiger partial charge in [0.15, 0.2) is 0 Å². The van der Waals surface area contributed by atoms with E-state index in [1.165, 1.54) is 38.2 Å². The summed E-state index contributed by atoms with van der Waals surface area (Å²) in [6.45, 7) is 1.47. The first-order chi connectivity index (χ1) is 11.3. The van der Waals surface area contributed by atoms with E-state index in [1.807, 2.05) is 0 Å². The molecule has 0 aliphatic heterocycles. The van der Waals surface area contributed by atoms with Crippen LogP contribution < -0.4 is 10.9 Å². The average Bonchev–Trinajstić information content (AvgIpc) is 2.55. The molecule has 0 saturated heterocycles. The van der Waals surface area contributed by atoms with Gasteiger partial charge < -0.3 is 10.4 Å². The van der Waals surface area contributed by atoms with E-state index in [2.05, 4.69) is 10.3 Å². The van der Waals surface area contributed by atoms with Gasteiger partial charge in [-0.3, -0.25) is 9.36 Å². The molecular formula is C16H13FN4O3. The van der Waals surface area contributed by atoms with Gasteiger partial charge in [-0.05, 0) is 36.8 Å². The second kappa shape index (κ2) is 6.75. The Labute approximate surface area is 136 Å². The van der Waals surface area contributed by atoms with Gasteiger partial charge in [0, 0.05) is 18.9 Å². The highest BCUT2D eigenvalue weighted by molar-refractivity contribution is 5.99. The average molecular weight is 328 g/mol. The lowest BCUT2D eigenvalue weighted by Gasteiger charge is -2.09. The molecule has 1 aromatic heterocycles. The molecule has 0 atom stereocenters. The molecule has 0 bridgehead atoms. The number of carbonyl (C=O) groups excluding carboxylic acids is 1. The number of nitrogens with zero attached hydrogens (tertiary/aromatic N) is 3. The van der Waals surface area contributed by atoms with Crippen molar-refractivity contribution in [2.24, 2.45) is 12.0 Å². The fourth-order valence-corrected chi connectivity index (χ4v) is 2.01. The fourth-order valence-electron chi connectivity index (χ4n) is 2.01. The third kappa shape index (κ3) is 3.30. The highest BCUT2D eigenvalue weighted by Crippen LogP contribution is 2.18. The van der Waals surface area contributed by atoms with Crippen molar-refractivity contribution in [2.45, 2.75) is 6.92 Å². The largest absolute Gasteiger partial charge is 0.494 e. The monoisotopic (exact) mass is 328 g/mol. The molecule has 8 heteroatoms. The standard InChI is InChI=1S/C16H13FN4O3/c1-9-12(7-18)14(22)21(2)15(23)13(9)8-19-16(24)20-11-5-3-10(17)4-6-11/h3-6,8,23H,1-2H3,(H,20,24)/b19-8+. The van der Waals surface area contributed by atoms with Crippen LogP contribution in [0, 0.1) is 24.1 Å². The molecule has 0 fully saturated rings. The number of aliphatic imine (C=N–C) groups is 1. The summed E-state index contributed by atoms with van der Waals surface area (Å²) >= 11 is 0. The molecule has 0 aliphatic rings. The Balaban J connectivity index is 2.30. The number of hydrogen-bond acceptors (Lipinski definition) is 4. The van der Waals surface area contributed by atoms with Crippen LogP contribution in [-0.2, 0) is 7.05 Å². The van der Waals surface area contributed by atoms with E-state index in [0.717, 1.165) is 10.8 Å². The number of benzene rings is 1. The van der Waals surface area contributed by atoms with Crippen molar-refractivity contribution in [2.75, 3.05) is 5.32 Å². The van der Waals surface area contributed by atoms with Gasteiger partial charge in [0.1, 0.15) is 17.4 Å². The highest BCUT2D eigenvalue weighted by atomic mass is 19.1. The van der Waals surface area contributed by atoms with Crippen molar-refractivity contribution in [1.29, 1.82) is 5.26 Å². The molecule has 122 valence electrons. The Bertz CT molecular complexity index is 924. The van der Waals surface area contributed by atoms with Crippen molar-refractivity contribution in [3.8, 4) is 11.9 Å². The maximum absolute atomic E-state index is 12.8. The minimum Gasteiger partial charge on any atom is -0.494 e. The lowest BCUT2D eigenvalue weighted by atomic mass is 10.1. The summed E-state index contributed by atoms with van der Waals surface area (Å²) in [5, 5.41) is 21.4. The van der Waals surface area contributed by atoms with Crippen LogP contribution >= 0.6 is 0 Å². The van der Waals surface area contributed by atoms with Gasteiger partial charge >= 0.3 is 6.03 Å². The summed E-state index contributed by atoms with van der Waals surface area (Å²) in [6.07, 6.45) is 1.06. The number of pyridine rings is 1. The van der Waals surface area contributed by atoms with Crippen molar-refractivity contribution in [3.63, 3.8) is 0 Å². The number of rotatable bonds is 2. The Kier molecular flexibility index (Phi) is 4.75. The second-order valence-electron chi connectivity index (χ2n) is 4.91. The number of urea groups is 1. The molecule has 2 N–H and O–H groups in total. The van der Waals surface area contributed by atoms with Crippen molar-refractivity contribution >= 4 is 17.9 Å². The van der Waals surface area contributed by atoms with Crippen LogP contribution in [0.2, 0.25) is 0 Å². The van der Waals surface area contributed by atoms with Crippen LogP contribution in [0.3, 0.4) is 0 Å². The first-order valence-electron chi connectivity index (χ1n) is 6.78. The van der Waals surface area contributed by atoms with Crippen LogP contribution in [-0.4, -0.2) is 21.9 Å². The molecule has 0 radical (unpaired) electrons. The van der Waals surface area contributed by atoms with E-state index in [9.17, 15) is 19.1 Å². The van der Waals surface area contributed by atoms with E-state index < -0.39 is 23.3 Å². The molecule has 2 rings (SSSR count). The van der Waals surface area contributed by atoms with Crippen molar-refractivity contribution < 1.29 is 14.3 Å².